The van der Waals surface area contributed by atoms with E-state index in [9.17, 15) is 0 Å². The molecule has 0 aliphatic heterocycles. The fourth-order valence-electron chi connectivity index (χ4n) is 0.764. The van der Waals surface area contributed by atoms with Crippen molar-refractivity contribution in [3.63, 3.8) is 0 Å². The minimum absolute atomic E-state index is 0.305. The van der Waals surface area contributed by atoms with Crippen molar-refractivity contribution in [2.45, 2.75) is 17.9 Å². The van der Waals surface area contributed by atoms with E-state index in [0.29, 0.717) is 0 Å². The molecule has 0 rings (SSSR count). The van der Waals surface area contributed by atoms with Gasteiger partial charge < -0.3 is 13.3 Å². The van der Waals surface area contributed by atoms with Crippen molar-refractivity contribution in [3.05, 3.63) is 0 Å². The summed E-state index contributed by atoms with van der Waals surface area (Å²) in [6.07, 6.45) is 0. The zero-order valence-corrected chi connectivity index (χ0v) is 17.6. The van der Waals surface area contributed by atoms with Crippen molar-refractivity contribution >= 4 is 113 Å². The van der Waals surface area contributed by atoms with E-state index in [0.717, 1.165) is 0 Å². The number of hydrogen-bond acceptors (Lipinski definition) is 3. The monoisotopic (exact) mass is 484 g/mol. The molecule has 0 saturated carbocycles. The molecule has 0 atom stereocenters. The highest BCUT2D eigenvalue weighted by atomic mass is 35.6. The smallest absolute Gasteiger partial charge is 0.369 e. The number of rotatable bonds is 6. The Bertz CT molecular complexity index is 252. The zero-order valence-electron chi connectivity index (χ0n) is 9.75. The van der Waals surface area contributed by atoms with Gasteiger partial charge in [-0.15, -0.1) is 0 Å². The van der Waals surface area contributed by atoms with Crippen molar-refractivity contribution in [1.29, 1.82) is 0 Å². The van der Waals surface area contributed by atoms with Crippen LogP contribution in [0, 0.1) is 0 Å². The van der Waals surface area contributed by atoms with Crippen molar-refractivity contribution in [2.24, 2.45) is 0 Å². The third-order valence-corrected chi connectivity index (χ3v) is 4.48. The Kier molecular flexibility index (Phi) is 9.88. The fraction of sp³-hybridized carbons (Fsp3) is 1.00. The Labute approximate surface area is 163 Å². The molecule has 0 aliphatic carbocycles. The summed E-state index contributed by atoms with van der Waals surface area (Å²) in [5.74, 6) is 0. The van der Waals surface area contributed by atoms with Crippen molar-refractivity contribution in [1.82, 2.24) is 0 Å². The largest absolute Gasteiger partial charge is 0.498 e. The second kappa shape index (κ2) is 8.70. The fourth-order valence-corrected chi connectivity index (χ4v) is 3.76. The summed E-state index contributed by atoms with van der Waals surface area (Å²) in [6, 6.07) is 0. The first-order chi connectivity index (χ1) is 8.62. The van der Waals surface area contributed by atoms with E-state index in [1.165, 1.54) is 6.55 Å². The van der Waals surface area contributed by atoms with Gasteiger partial charge in [0.15, 0.2) is 0 Å². The van der Waals surface area contributed by atoms with Crippen LogP contribution in [0.2, 0.25) is 6.55 Å². The van der Waals surface area contributed by atoms with E-state index in [1.54, 1.807) is 0 Å². The lowest BCUT2D eigenvalue weighted by molar-refractivity contribution is 0.0699. The molecule has 0 aromatic carbocycles. The van der Waals surface area contributed by atoms with Gasteiger partial charge in [0.1, 0.15) is 0 Å². The first-order valence-electron chi connectivity index (χ1n) is 4.74. The van der Waals surface area contributed by atoms with Crippen molar-refractivity contribution < 1.29 is 13.3 Å². The Morgan fingerprint density at radius 3 is 0.950 bits per heavy atom. The third-order valence-electron chi connectivity index (χ3n) is 1.49. The summed E-state index contributed by atoms with van der Waals surface area (Å²) in [6.45, 7) is 0.566. The molecular weight excluding hydrogens is 479 g/mol. The van der Waals surface area contributed by atoms with Gasteiger partial charge in [-0.1, -0.05) is 104 Å². The second-order valence-electron chi connectivity index (χ2n) is 3.57. The molecule has 20 heavy (non-hydrogen) atoms. The van der Waals surface area contributed by atoms with E-state index in [-0.39, 0.29) is 19.8 Å². The van der Waals surface area contributed by atoms with Gasteiger partial charge in [-0.05, 0) is 0 Å². The summed E-state index contributed by atoms with van der Waals surface area (Å²) < 4.78 is 11.0. The molecular formula is C7H9Cl9O3Si. The van der Waals surface area contributed by atoms with Crippen molar-refractivity contribution in [2.75, 3.05) is 19.8 Å². The van der Waals surface area contributed by atoms with E-state index in [1.807, 2.05) is 0 Å². The maximum absolute atomic E-state index is 5.58. The Hall–Kier alpha value is 2.71. The Morgan fingerprint density at radius 2 is 0.800 bits per heavy atom. The lowest BCUT2D eigenvalue weighted by Gasteiger charge is -2.30. The highest BCUT2D eigenvalue weighted by molar-refractivity contribution is 6.69. The van der Waals surface area contributed by atoms with Crippen LogP contribution in [0.4, 0.5) is 0 Å². The molecule has 0 unspecified atom stereocenters. The van der Waals surface area contributed by atoms with Gasteiger partial charge in [-0.2, -0.15) is 0 Å². The maximum atomic E-state index is 5.58. The zero-order chi connectivity index (χ0) is 16.2. The first kappa shape index (κ1) is 22.7. The van der Waals surface area contributed by atoms with Crippen LogP contribution in [0.15, 0.2) is 0 Å². The minimum Gasteiger partial charge on any atom is -0.369 e. The quantitative estimate of drug-likeness (QED) is 0.354. The van der Waals surface area contributed by atoms with Crippen LogP contribution in [-0.4, -0.2) is 40.0 Å². The average Bonchev–Trinajstić information content (AvgIpc) is 2.18. The summed E-state index contributed by atoms with van der Waals surface area (Å²) in [4.78, 5) is 0. The van der Waals surface area contributed by atoms with Crippen LogP contribution >= 0.6 is 104 Å². The van der Waals surface area contributed by atoms with E-state index >= 15 is 0 Å². The molecule has 0 heterocycles. The van der Waals surface area contributed by atoms with Crippen LogP contribution < -0.4 is 0 Å². The molecule has 122 valence electrons. The van der Waals surface area contributed by atoms with Gasteiger partial charge in [0.05, 0.1) is 19.8 Å². The SMILES string of the molecule is C[Si](OCC(Cl)(Cl)Cl)(OCC(Cl)(Cl)Cl)OCC(Cl)(Cl)Cl. The second-order valence-corrected chi connectivity index (χ2v) is 13.7. The van der Waals surface area contributed by atoms with Crippen LogP contribution in [0.5, 0.6) is 0 Å². The Balaban J connectivity index is 4.66. The molecule has 0 bridgehead atoms. The predicted molar refractivity (Wildman–Crippen MR) is 90.3 cm³/mol. The number of halogens is 9. The van der Waals surface area contributed by atoms with Gasteiger partial charge in [0.2, 0.25) is 11.4 Å². The third kappa shape index (κ3) is 14.3. The molecule has 0 fully saturated rings. The molecule has 0 amide bonds. The molecule has 0 saturated heterocycles. The normalized spacial score (nSPS) is 14.7. The highest BCUT2D eigenvalue weighted by Gasteiger charge is 2.42. The molecule has 0 radical (unpaired) electrons. The highest BCUT2D eigenvalue weighted by Crippen LogP contribution is 2.32. The predicted octanol–water partition coefficient (Wildman–Crippen LogP) is 5.72. The molecule has 0 N–H and O–H groups in total. The summed E-state index contributed by atoms with van der Waals surface area (Å²) in [5, 5.41) is 0. The van der Waals surface area contributed by atoms with Crippen LogP contribution in [-0.2, 0) is 13.3 Å². The molecule has 0 aromatic heterocycles. The van der Waals surface area contributed by atoms with Gasteiger partial charge in [-0.25, -0.2) is 0 Å². The lowest BCUT2D eigenvalue weighted by Crippen LogP contribution is -2.47. The van der Waals surface area contributed by atoms with Gasteiger partial charge in [0, 0.05) is 6.55 Å². The van der Waals surface area contributed by atoms with Crippen LogP contribution in [0.25, 0.3) is 0 Å². The van der Waals surface area contributed by atoms with Gasteiger partial charge in [0.25, 0.3) is 0 Å². The number of alkyl halides is 9. The average molecular weight is 488 g/mol. The van der Waals surface area contributed by atoms with Gasteiger partial charge >= 0.3 is 8.80 Å². The Morgan fingerprint density at radius 1 is 0.600 bits per heavy atom. The van der Waals surface area contributed by atoms with E-state index in [4.69, 9.17) is 118 Å². The van der Waals surface area contributed by atoms with Crippen LogP contribution in [0.1, 0.15) is 0 Å². The summed E-state index contributed by atoms with van der Waals surface area (Å²) in [5.41, 5.74) is 0. The molecule has 13 heteroatoms. The molecule has 0 spiro atoms. The first-order valence-corrected chi connectivity index (χ1v) is 10.4. The van der Waals surface area contributed by atoms with Gasteiger partial charge in [-0.3, -0.25) is 0 Å². The van der Waals surface area contributed by atoms with E-state index in [2.05, 4.69) is 0 Å². The summed E-state index contributed by atoms with van der Waals surface area (Å²) >= 11 is 50.2. The standard InChI is InChI=1S/C7H9Cl9O3Si/c1-20(17-2-5(8,9)10,18-3-6(11,12)13)19-4-7(14,15)16/h2-4H2,1H3. The van der Waals surface area contributed by atoms with Crippen molar-refractivity contribution in [3.8, 4) is 0 Å². The van der Waals surface area contributed by atoms with Crippen LogP contribution in [0.3, 0.4) is 0 Å². The lowest BCUT2D eigenvalue weighted by atomic mass is 10.8. The molecule has 0 aromatic rings. The molecule has 3 nitrogen and oxygen atoms in total. The number of hydrogen-bond donors (Lipinski definition) is 0. The topological polar surface area (TPSA) is 27.7 Å². The minimum atomic E-state index is -3.34. The summed E-state index contributed by atoms with van der Waals surface area (Å²) in [7, 11) is -3.34. The molecule has 0 aliphatic rings. The van der Waals surface area contributed by atoms with E-state index < -0.39 is 20.2 Å². The maximum Gasteiger partial charge on any atom is 0.498 e.